The quantitative estimate of drug-likeness (QED) is 0.629. The molecule has 0 bridgehead atoms. The molecule has 8 heteroatoms. The van der Waals surface area contributed by atoms with Crippen LogP contribution in [0.4, 0.5) is 4.39 Å². The first kappa shape index (κ1) is 21.5. The van der Waals surface area contributed by atoms with Crippen molar-refractivity contribution in [2.24, 2.45) is 0 Å². The van der Waals surface area contributed by atoms with Gasteiger partial charge >= 0.3 is 0 Å². The van der Waals surface area contributed by atoms with Gasteiger partial charge in [0.05, 0.1) is 4.90 Å². The minimum atomic E-state index is -3.51. The van der Waals surface area contributed by atoms with E-state index in [0.29, 0.717) is 18.7 Å². The average molecular weight is 444 g/mol. The second-order valence-electron chi connectivity index (χ2n) is 7.89. The maximum atomic E-state index is 13.8. The highest BCUT2D eigenvalue weighted by molar-refractivity contribution is 7.89. The smallest absolute Gasteiger partial charge is 0.243 e. The third-order valence-corrected chi connectivity index (χ3v) is 7.75. The van der Waals surface area contributed by atoms with Crippen LogP contribution in [0.3, 0.4) is 0 Å². The molecule has 1 atom stereocenters. The molecule has 6 nitrogen and oxygen atoms in total. The molecule has 1 fully saturated rings. The minimum absolute atomic E-state index is 0.104. The number of piperidine rings is 1. The molecule has 3 aromatic rings. The van der Waals surface area contributed by atoms with Crippen LogP contribution >= 0.6 is 0 Å². The Bertz CT molecular complexity index is 1200. The van der Waals surface area contributed by atoms with Crippen LogP contribution in [-0.2, 0) is 21.4 Å². The summed E-state index contributed by atoms with van der Waals surface area (Å²) in [7, 11) is -3.51. The summed E-state index contributed by atoms with van der Waals surface area (Å²) >= 11 is 0. The third-order valence-electron chi connectivity index (χ3n) is 5.85. The fraction of sp³-hybridized carbons (Fsp3) is 0.348. The van der Waals surface area contributed by atoms with E-state index in [9.17, 15) is 17.6 Å². The first-order valence-electron chi connectivity index (χ1n) is 10.5. The van der Waals surface area contributed by atoms with E-state index in [-0.39, 0.29) is 23.2 Å². The van der Waals surface area contributed by atoms with Gasteiger partial charge in [-0.2, -0.15) is 4.31 Å². The highest BCUT2D eigenvalue weighted by Crippen LogP contribution is 2.26. The molecule has 0 spiro atoms. The van der Waals surface area contributed by atoms with Gasteiger partial charge in [-0.15, -0.1) is 0 Å². The molecule has 1 unspecified atom stereocenters. The predicted molar refractivity (Wildman–Crippen MR) is 118 cm³/mol. The van der Waals surface area contributed by atoms with Gasteiger partial charge in [0, 0.05) is 42.3 Å². The van der Waals surface area contributed by atoms with Crippen LogP contribution in [0.5, 0.6) is 0 Å². The second kappa shape index (κ2) is 8.80. The number of halogens is 1. The Hall–Kier alpha value is -2.71. The van der Waals surface area contributed by atoms with Crippen molar-refractivity contribution >= 4 is 26.8 Å². The summed E-state index contributed by atoms with van der Waals surface area (Å²) in [6, 6.07) is 12.6. The highest BCUT2D eigenvalue weighted by atomic mass is 32.2. The molecule has 2 aromatic carbocycles. The molecule has 1 saturated heterocycles. The maximum Gasteiger partial charge on any atom is 0.243 e. The molecule has 1 aliphatic rings. The zero-order chi connectivity index (χ0) is 22.0. The molecule has 2 heterocycles. The lowest BCUT2D eigenvalue weighted by molar-refractivity contribution is -0.123. The lowest BCUT2D eigenvalue weighted by Crippen LogP contribution is -2.35. The van der Waals surface area contributed by atoms with Gasteiger partial charge in [0.15, 0.2) is 0 Å². The van der Waals surface area contributed by atoms with Crippen molar-refractivity contribution in [3.05, 3.63) is 66.1 Å². The number of nitrogens with zero attached hydrogens (tertiary/aromatic N) is 2. The molecule has 0 saturated carbocycles. The van der Waals surface area contributed by atoms with E-state index in [0.717, 1.165) is 30.2 Å². The highest BCUT2D eigenvalue weighted by Gasteiger charge is 2.26. The number of carbonyl (C=O) groups excluding carboxylic acids is 1. The van der Waals surface area contributed by atoms with Gasteiger partial charge in [-0.25, -0.2) is 12.8 Å². The molecular weight excluding hydrogens is 417 g/mol. The van der Waals surface area contributed by atoms with Crippen molar-refractivity contribution in [3.8, 4) is 0 Å². The van der Waals surface area contributed by atoms with Crippen molar-refractivity contribution < 1.29 is 17.6 Å². The number of rotatable bonds is 6. The molecule has 164 valence electrons. The number of fused-ring (bicyclic) bond motifs is 1. The number of hydrogen-bond acceptors (Lipinski definition) is 3. The minimum Gasteiger partial charge on any atom is -0.350 e. The summed E-state index contributed by atoms with van der Waals surface area (Å²) < 4.78 is 43.0. The number of sulfonamides is 1. The van der Waals surface area contributed by atoms with Gasteiger partial charge < -0.3 is 9.88 Å². The normalized spacial score (nSPS) is 16.3. The van der Waals surface area contributed by atoms with Gasteiger partial charge in [0.2, 0.25) is 15.9 Å². The number of aromatic nitrogens is 1. The predicted octanol–water partition coefficient (Wildman–Crippen LogP) is 3.83. The fourth-order valence-corrected chi connectivity index (χ4v) is 5.55. The number of amides is 1. The van der Waals surface area contributed by atoms with E-state index in [1.807, 2.05) is 6.07 Å². The van der Waals surface area contributed by atoms with Crippen molar-refractivity contribution in [2.75, 3.05) is 13.1 Å². The Morgan fingerprint density at radius 2 is 1.84 bits per heavy atom. The topological polar surface area (TPSA) is 71.4 Å². The van der Waals surface area contributed by atoms with E-state index < -0.39 is 16.1 Å². The summed E-state index contributed by atoms with van der Waals surface area (Å²) in [6.45, 7) is 2.98. The molecule has 4 rings (SSSR count). The number of carbonyl (C=O) groups is 1. The summed E-state index contributed by atoms with van der Waals surface area (Å²) in [4.78, 5) is 12.9. The zero-order valence-electron chi connectivity index (χ0n) is 17.4. The molecule has 0 aliphatic carbocycles. The van der Waals surface area contributed by atoms with Crippen molar-refractivity contribution in [1.82, 2.24) is 14.2 Å². The number of hydrogen-bond donors (Lipinski definition) is 1. The Labute approximate surface area is 181 Å². The van der Waals surface area contributed by atoms with E-state index in [1.165, 1.54) is 6.07 Å². The van der Waals surface area contributed by atoms with Crippen molar-refractivity contribution in [3.63, 3.8) is 0 Å². The Morgan fingerprint density at radius 3 is 2.58 bits per heavy atom. The SMILES string of the molecule is CC(C(=O)NCc1ccccc1F)n1ccc2cc(S(=O)(=O)N3CCCCC3)ccc21. The van der Waals surface area contributed by atoms with E-state index in [4.69, 9.17) is 0 Å². The Balaban J connectivity index is 1.52. The summed E-state index contributed by atoms with van der Waals surface area (Å²) in [6.07, 6.45) is 4.61. The first-order chi connectivity index (χ1) is 14.9. The molecule has 1 aromatic heterocycles. The fourth-order valence-electron chi connectivity index (χ4n) is 3.99. The second-order valence-corrected chi connectivity index (χ2v) is 9.83. The molecule has 0 radical (unpaired) electrons. The van der Waals surface area contributed by atoms with Crippen LogP contribution in [-0.4, -0.2) is 36.3 Å². The van der Waals surface area contributed by atoms with Gasteiger partial charge in [0.25, 0.3) is 0 Å². The molecule has 31 heavy (non-hydrogen) atoms. The van der Waals surface area contributed by atoms with Crippen LogP contribution in [0.25, 0.3) is 10.9 Å². The van der Waals surface area contributed by atoms with Crippen LogP contribution in [0.2, 0.25) is 0 Å². The van der Waals surface area contributed by atoms with E-state index in [1.54, 1.807) is 58.4 Å². The van der Waals surface area contributed by atoms with Crippen LogP contribution in [0.1, 0.15) is 37.8 Å². The maximum absolute atomic E-state index is 13.8. The lowest BCUT2D eigenvalue weighted by Gasteiger charge is -2.26. The molecule has 1 aliphatic heterocycles. The van der Waals surface area contributed by atoms with Gasteiger partial charge in [0.1, 0.15) is 11.9 Å². The standard InChI is InChI=1S/C23H26FN3O3S/c1-17(23(28)25-16-19-7-3-4-8-21(19)24)27-14-11-18-15-20(9-10-22(18)27)31(29,30)26-12-5-2-6-13-26/h3-4,7-11,14-15,17H,2,5-6,12-13,16H2,1H3,(H,25,28). The zero-order valence-corrected chi connectivity index (χ0v) is 18.2. The van der Waals surface area contributed by atoms with Crippen LogP contribution in [0, 0.1) is 5.82 Å². The van der Waals surface area contributed by atoms with E-state index in [2.05, 4.69) is 5.32 Å². The Kier molecular flexibility index (Phi) is 6.11. The van der Waals surface area contributed by atoms with Gasteiger partial charge in [-0.05, 0) is 50.1 Å². The number of nitrogens with one attached hydrogen (secondary N) is 1. The summed E-state index contributed by atoms with van der Waals surface area (Å²) in [5.74, 6) is -0.602. The van der Waals surface area contributed by atoms with Crippen LogP contribution < -0.4 is 5.32 Å². The van der Waals surface area contributed by atoms with E-state index >= 15 is 0 Å². The summed E-state index contributed by atoms with van der Waals surface area (Å²) in [5, 5.41) is 3.53. The molecule has 1 amide bonds. The van der Waals surface area contributed by atoms with Crippen molar-refractivity contribution in [1.29, 1.82) is 0 Å². The first-order valence-corrected chi connectivity index (χ1v) is 11.9. The largest absolute Gasteiger partial charge is 0.350 e. The molecular formula is C23H26FN3O3S. The molecule has 1 N–H and O–H groups in total. The number of benzene rings is 2. The summed E-state index contributed by atoms with van der Waals surface area (Å²) in [5.41, 5.74) is 1.19. The monoisotopic (exact) mass is 443 g/mol. The average Bonchev–Trinajstić information content (AvgIpc) is 3.21. The third kappa shape index (κ3) is 4.36. The van der Waals surface area contributed by atoms with Gasteiger partial charge in [-0.1, -0.05) is 24.6 Å². The van der Waals surface area contributed by atoms with Gasteiger partial charge in [-0.3, -0.25) is 4.79 Å². The van der Waals surface area contributed by atoms with Crippen molar-refractivity contribution in [2.45, 2.75) is 43.7 Å². The lowest BCUT2D eigenvalue weighted by atomic mass is 10.2. The Morgan fingerprint density at radius 1 is 1.10 bits per heavy atom. The van der Waals surface area contributed by atoms with Crippen LogP contribution in [0.15, 0.2) is 59.6 Å².